The van der Waals surface area contributed by atoms with Gasteiger partial charge in [-0.1, -0.05) is 24.3 Å². The zero-order valence-electron chi connectivity index (χ0n) is 15.3. The van der Waals surface area contributed by atoms with E-state index in [4.69, 9.17) is 0 Å². The first-order valence-corrected chi connectivity index (χ1v) is 12.0. The number of nitrogens with zero attached hydrogens (tertiary/aromatic N) is 2. The number of hydrazone groups is 1. The van der Waals surface area contributed by atoms with Crippen molar-refractivity contribution in [2.24, 2.45) is 5.10 Å². The molecule has 0 aliphatic carbocycles. The third kappa shape index (κ3) is 4.50. The molecule has 0 fully saturated rings. The Morgan fingerprint density at radius 3 is 2.43 bits per heavy atom. The second-order valence-corrected chi connectivity index (χ2v) is 10.3. The predicted octanol–water partition coefficient (Wildman–Crippen LogP) is 2.70. The van der Waals surface area contributed by atoms with Crippen molar-refractivity contribution >= 4 is 31.4 Å². The summed E-state index contributed by atoms with van der Waals surface area (Å²) in [6.45, 7) is 1.53. The third-order valence-electron chi connectivity index (χ3n) is 4.32. The SMILES string of the molecule is CCS(=O)(=O)Nc1cccc(C2=NN(S(C)(=O)=O)C(c3ccc(F)cc3)C2)c1. The monoisotopic (exact) mass is 425 g/mol. The van der Waals surface area contributed by atoms with Crippen LogP contribution in [0.3, 0.4) is 0 Å². The second kappa shape index (κ2) is 7.51. The van der Waals surface area contributed by atoms with Crippen LogP contribution < -0.4 is 4.72 Å². The molecule has 0 aromatic heterocycles. The molecular formula is C18H20FN3O4S2. The minimum atomic E-state index is -3.65. The number of hydrogen-bond acceptors (Lipinski definition) is 5. The van der Waals surface area contributed by atoms with Gasteiger partial charge in [0.25, 0.3) is 0 Å². The lowest BCUT2D eigenvalue weighted by molar-refractivity contribution is 0.374. The first-order valence-electron chi connectivity index (χ1n) is 8.52. The fourth-order valence-electron chi connectivity index (χ4n) is 2.92. The van der Waals surface area contributed by atoms with Crippen molar-refractivity contribution in [2.75, 3.05) is 16.7 Å². The van der Waals surface area contributed by atoms with Crippen LogP contribution >= 0.6 is 0 Å². The number of benzene rings is 2. The van der Waals surface area contributed by atoms with E-state index in [-0.39, 0.29) is 12.2 Å². The zero-order chi connectivity index (χ0) is 20.5. The highest BCUT2D eigenvalue weighted by Gasteiger charge is 2.34. The maximum absolute atomic E-state index is 13.2. The van der Waals surface area contributed by atoms with Crippen LogP contribution in [-0.4, -0.2) is 39.0 Å². The minimum Gasteiger partial charge on any atom is -0.284 e. The predicted molar refractivity (Wildman–Crippen MR) is 107 cm³/mol. The Morgan fingerprint density at radius 1 is 1.14 bits per heavy atom. The van der Waals surface area contributed by atoms with E-state index in [1.807, 2.05) is 0 Å². The van der Waals surface area contributed by atoms with E-state index in [0.717, 1.165) is 10.7 Å². The Bertz CT molecular complexity index is 1110. The van der Waals surface area contributed by atoms with Gasteiger partial charge in [0.2, 0.25) is 20.0 Å². The van der Waals surface area contributed by atoms with Crippen molar-refractivity contribution in [3.05, 3.63) is 65.5 Å². The van der Waals surface area contributed by atoms with Gasteiger partial charge in [0.15, 0.2) is 0 Å². The van der Waals surface area contributed by atoms with Crippen molar-refractivity contribution in [2.45, 2.75) is 19.4 Å². The molecule has 1 aliphatic heterocycles. The number of sulfonamides is 2. The van der Waals surface area contributed by atoms with Gasteiger partial charge in [-0.05, 0) is 42.3 Å². The molecule has 2 aromatic carbocycles. The molecule has 0 saturated heterocycles. The summed E-state index contributed by atoms with van der Waals surface area (Å²) in [6, 6.07) is 11.6. The fourth-order valence-corrected chi connectivity index (χ4v) is 4.45. The van der Waals surface area contributed by atoms with E-state index in [2.05, 4.69) is 9.82 Å². The van der Waals surface area contributed by atoms with E-state index in [0.29, 0.717) is 22.5 Å². The molecule has 0 bridgehead atoms. The van der Waals surface area contributed by atoms with Gasteiger partial charge in [-0.15, -0.1) is 0 Å². The minimum absolute atomic E-state index is 0.0628. The van der Waals surface area contributed by atoms with Crippen LogP contribution in [0.1, 0.15) is 30.5 Å². The Kier molecular flexibility index (Phi) is 5.44. The number of hydrogen-bond donors (Lipinski definition) is 1. The smallest absolute Gasteiger partial charge is 0.247 e. The maximum atomic E-state index is 13.2. The van der Waals surface area contributed by atoms with E-state index < -0.39 is 31.9 Å². The highest BCUT2D eigenvalue weighted by Crippen LogP contribution is 2.35. The first-order chi connectivity index (χ1) is 13.1. The Balaban J connectivity index is 1.95. The number of halogens is 1. The molecule has 7 nitrogen and oxygen atoms in total. The molecule has 2 aromatic rings. The Morgan fingerprint density at radius 2 is 1.82 bits per heavy atom. The quantitative estimate of drug-likeness (QED) is 0.770. The van der Waals surface area contributed by atoms with Crippen LogP contribution in [0.5, 0.6) is 0 Å². The number of rotatable bonds is 6. The summed E-state index contributed by atoms with van der Waals surface area (Å²) >= 11 is 0. The summed E-state index contributed by atoms with van der Waals surface area (Å²) < 4.78 is 64.7. The second-order valence-electron chi connectivity index (χ2n) is 6.44. The molecule has 1 heterocycles. The van der Waals surface area contributed by atoms with E-state index in [9.17, 15) is 21.2 Å². The normalized spacial score (nSPS) is 17.5. The third-order valence-corrected chi connectivity index (χ3v) is 6.64. The van der Waals surface area contributed by atoms with Gasteiger partial charge in [-0.3, -0.25) is 4.72 Å². The molecule has 28 heavy (non-hydrogen) atoms. The van der Waals surface area contributed by atoms with E-state index in [1.165, 1.54) is 31.2 Å². The van der Waals surface area contributed by atoms with Gasteiger partial charge in [-0.2, -0.15) is 9.52 Å². The van der Waals surface area contributed by atoms with Crippen LogP contribution in [0.2, 0.25) is 0 Å². The van der Waals surface area contributed by atoms with Crippen molar-refractivity contribution in [1.29, 1.82) is 0 Å². The summed E-state index contributed by atoms with van der Waals surface area (Å²) in [4.78, 5) is 0. The average Bonchev–Trinajstić information content (AvgIpc) is 3.08. The highest BCUT2D eigenvalue weighted by molar-refractivity contribution is 7.92. The molecule has 0 saturated carbocycles. The van der Waals surface area contributed by atoms with Crippen LogP contribution in [0.15, 0.2) is 53.6 Å². The van der Waals surface area contributed by atoms with Crippen molar-refractivity contribution in [1.82, 2.24) is 4.41 Å². The largest absolute Gasteiger partial charge is 0.284 e. The van der Waals surface area contributed by atoms with Gasteiger partial charge < -0.3 is 0 Å². The molecule has 3 rings (SSSR count). The summed E-state index contributed by atoms with van der Waals surface area (Å²) in [5, 5.41) is 4.26. The lowest BCUT2D eigenvalue weighted by Crippen LogP contribution is -2.25. The van der Waals surface area contributed by atoms with Crippen molar-refractivity contribution in [3.63, 3.8) is 0 Å². The molecule has 0 amide bonds. The Hall–Kier alpha value is -2.46. The van der Waals surface area contributed by atoms with E-state index in [1.54, 1.807) is 24.3 Å². The lowest BCUT2D eigenvalue weighted by atomic mass is 9.99. The van der Waals surface area contributed by atoms with Crippen LogP contribution in [-0.2, 0) is 20.0 Å². The van der Waals surface area contributed by atoms with Gasteiger partial charge in [0.1, 0.15) is 5.82 Å². The molecule has 0 radical (unpaired) electrons. The molecule has 1 N–H and O–H groups in total. The summed E-state index contributed by atoms with van der Waals surface area (Å²) in [6.07, 6.45) is 1.34. The van der Waals surface area contributed by atoms with Crippen LogP contribution in [0.4, 0.5) is 10.1 Å². The molecule has 10 heteroatoms. The van der Waals surface area contributed by atoms with Gasteiger partial charge in [0.05, 0.1) is 23.8 Å². The topological polar surface area (TPSA) is 95.9 Å². The van der Waals surface area contributed by atoms with Crippen LogP contribution in [0.25, 0.3) is 0 Å². The summed E-state index contributed by atoms with van der Waals surface area (Å²) in [7, 11) is -7.09. The average molecular weight is 426 g/mol. The molecule has 1 unspecified atom stereocenters. The lowest BCUT2D eigenvalue weighted by Gasteiger charge is -2.21. The number of anilines is 1. The molecule has 0 spiro atoms. The van der Waals surface area contributed by atoms with Crippen LogP contribution in [0, 0.1) is 5.82 Å². The molecule has 150 valence electrons. The van der Waals surface area contributed by atoms with Crippen molar-refractivity contribution < 1.29 is 21.2 Å². The van der Waals surface area contributed by atoms with Gasteiger partial charge >= 0.3 is 0 Å². The standard InChI is InChI=1S/C18H20FN3O4S2/c1-3-28(25,26)21-16-6-4-5-14(11-16)17-12-18(22(20-17)27(2,23)24)13-7-9-15(19)10-8-13/h4-11,18,21H,3,12H2,1-2H3. The van der Waals surface area contributed by atoms with Crippen molar-refractivity contribution in [3.8, 4) is 0 Å². The maximum Gasteiger partial charge on any atom is 0.247 e. The molecular weight excluding hydrogens is 405 g/mol. The number of nitrogens with one attached hydrogen (secondary N) is 1. The molecule has 1 aliphatic rings. The summed E-state index contributed by atoms with van der Waals surface area (Å²) in [5.41, 5.74) is 2.10. The zero-order valence-corrected chi connectivity index (χ0v) is 17.0. The summed E-state index contributed by atoms with van der Waals surface area (Å²) in [5.74, 6) is -0.475. The highest BCUT2D eigenvalue weighted by atomic mass is 32.2. The Labute approximate surface area is 164 Å². The van der Waals surface area contributed by atoms with E-state index >= 15 is 0 Å². The first kappa shape index (κ1) is 20.3. The van der Waals surface area contributed by atoms with Gasteiger partial charge in [0, 0.05) is 12.1 Å². The molecule has 1 atom stereocenters. The fraction of sp³-hybridized carbons (Fsp3) is 0.278. The van der Waals surface area contributed by atoms with Gasteiger partial charge in [-0.25, -0.2) is 21.2 Å².